The van der Waals surface area contributed by atoms with Crippen molar-refractivity contribution in [2.24, 2.45) is 0 Å². The van der Waals surface area contributed by atoms with E-state index in [9.17, 15) is 35.4 Å². The maximum atomic E-state index is 11.9. The Hall–Kier alpha value is -2.29. The molecule has 2 heterocycles. The minimum atomic E-state index is -1.99. The van der Waals surface area contributed by atoms with Gasteiger partial charge in [-0.15, -0.1) is 0 Å². The Labute approximate surface area is 195 Å². The lowest BCUT2D eigenvalue weighted by Crippen LogP contribution is -2.62. The lowest BCUT2D eigenvalue weighted by molar-refractivity contribution is -0.318. The number of aliphatic hydroxyl groups is 5. The number of carbonyl (C=O) groups is 1. The topological polar surface area (TPSA) is 185 Å². The SMILES string of the molecule is C/C=C(\C)C(=O)OC[C@@]1(O)CO[C@@H](O[C@H]2[C@@H](Oc3ccc(O)cc3)O[C@H](CO)[C@@H](O)[C@@H]2O)[C@@H]1O. The zero-order chi connectivity index (χ0) is 25.0. The first-order chi connectivity index (χ1) is 16.1. The number of hydrogen-bond acceptors (Lipinski definition) is 12. The zero-order valence-corrected chi connectivity index (χ0v) is 18.7. The van der Waals surface area contributed by atoms with Crippen LogP contribution in [0.15, 0.2) is 35.9 Å². The number of rotatable bonds is 8. The number of phenols is 1. The van der Waals surface area contributed by atoms with Crippen molar-refractivity contribution < 1.29 is 59.1 Å². The van der Waals surface area contributed by atoms with Gasteiger partial charge in [0.2, 0.25) is 6.29 Å². The first kappa shape index (κ1) is 26.3. The summed E-state index contributed by atoms with van der Waals surface area (Å²) in [6.45, 7) is 1.52. The maximum Gasteiger partial charge on any atom is 0.333 e. The minimum Gasteiger partial charge on any atom is -0.508 e. The van der Waals surface area contributed by atoms with Crippen molar-refractivity contribution in [3.63, 3.8) is 0 Å². The maximum absolute atomic E-state index is 11.9. The van der Waals surface area contributed by atoms with Gasteiger partial charge in [-0.2, -0.15) is 0 Å². The fourth-order valence-electron chi connectivity index (χ4n) is 3.43. The summed E-state index contributed by atoms with van der Waals surface area (Å²) in [5.41, 5.74) is -1.68. The number of ether oxygens (including phenoxy) is 5. The van der Waals surface area contributed by atoms with E-state index >= 15 is 0 Å². The van der Waals surface area contributed by atoms with Gasteiger partial charge in [0.25, 0.3) is 0 Å². The fraction of sp³-hybridized carbons (Fsp3) is 0.591. The van der Waals surface area contributed by atoms with Crippen molar-refractivity contribution in [3.8, 4) is 11.5 Å². The number of allylic oxidation sites excluding steroid dienone is 1. The molecule has 0 amide bonds. The van der Waals surface area contributed by atoms with Gasteiger partial charge in [0.1, 0.15) is 42.5 Å². The highest BCUT2D eigenvalue weighted by molar-refractivity contribution is 5.87. The van der Waals surface area contributed by atoms with Gasteiger partial charge in [-0.05, 0) is 38.1 Å². The predicted molar refractivity (Wildman–Crippen MR) is 112 cm³/mol. The van der Waals surface area contributed by atoms with Gasteiger partial charge in [0, 0.05) is 5.57 Å². The standard InChI is InChI=1S/C22H30O12/c1-3-11(2)19(28)30-9-22(29)10-31-21(18(22)27)34-17-16(26)15(25)14(8-23)33-20(17)32-13-6-4-12(24)5-7-13/h3-7,14-18,20-21,23-27,29H,8-10H2,1-2H3/b11-3+/t14-,15-,16+,17-,18+,20+,21+,22-/m1/s1. The fourth-order valence-corrected chi connectivity index (χ4v) is 3.43. The largest absolute Gasteiger partial charge is 0.508 e. The van der Waals surface area contributed by atoms with Crippen LogP contribution < -0.4 is 4.74 Å². The molecule has 0 spiro atoms. The molecule has 6 N–H and O–H groups in total. The number of carbonyl (C=O) groups excluding carboxylic acids is 1. The highest BCUT2D eigenvalue weighted by Crippen LogP contribution is 2.32. The molecule has 190 valence electrons. The lowest BCUT2D eigenvalue weighted by atomic mass is 9.98. The van der Waals surface area contributed by atoms with Crippen LogP contribution >= 0.6 is 0 Å². The zero-order valence-electron chi connectivity index (χ0n) is 18.7. The van der Waals surface area contributed by atoms with Crippen LogP contribution in [-0.4, -0.2) is 105 Å². The van der Waals surface area contributed by atoms with Crippen LogP contribution in [0.1, 0.15) is 13.8 Å². The average Bonchev–Trinajstić information content (AvgIpc) is 3.11. The van der Waals surface area contributed by atoms with E-state index in [-0.39, 0.29) is 11.5 Å². The molecule has 2 saturated heterocycles. The summed E-state index contributed by atoms with van der Waals surface area (Å²) in [7, 11) is 0. The van der Waals surface area contributed by atoms with Crippen molar-refractivity contribution in [2.45, 2.75) is 62.5 Å². The first-order valence-corrected chi connectivity index (χ1v) is 10.7. The Morgan fingerprint density at radius 2 is 1.85 bits per heavy atom. The van der Waals surface area contributed by atoms with Crippen LogP contribution in [0.25, 0.3) is 0 Å². The van der Waals surface area contributed by atoms with Gasteiger partial charge in [-0.1, -0.05) is 6.08 Å². The average molecular weight is 486 g/mol. The number of esters is 1. The Bertz CT molecular complexity index is 858. The molecule has 0 saturated carbocycles. The highest BCUT2D eigenvalue weighted by atomic mass is 16.8. The number of aliphatic hydroxyl groups excluding tert-OH is 4. The summed E-state index contributed by atoms with van der Waals surface area (Å²) in [4.78, 5) is 11.9. The van der Waals surface area contributed by atoms with Crippen molar-refractivity contribution >= 4 is 5.97 Å². The first-order valence-electron chi connectivity index (χ1n) is 10.7. The molecule has 8 atom stereocenters. The molecular formula is C22H30O12. The van der Waals surface area contributed by atoms with Gasteiger partial charge < -0.3 is 54.3 Å². The van der Waals surface area contributed by atoms with E-state index in [2.05, 4.69) is 0 Å². The molecule has 0 unspecified atom stereocenters. The Kier molecular flexibility index (Phi) is 8.49. The van der Waals surface area contributed by atoms with Crippen LogP contribution in [0.4, 0.5) is 0 Å². The van der Waals surface area contributed by atoms with Gasteiger partial charge in [0.15, 0.2) is 18.0 Å². The van der Waals surface area contributed by atoms with Crippen molar-refractivity contribution in [1.82, 2.24) is 0 Å². The second-order valence-corrected chi connectivity index (χ2v) is 8.19. The Morgan fingerprint density at radius 1 is 1.18 bits per heavy atom. The Balaban J connectivity index is 1.72. The third-order valence-electron chi connectivity index (χ3n) is 5.72. The van der Waals surface area contributed by atoms with E-state index < -0.39 is 74.5 Å². The van der Waals surface area contributed by atoms with Crippen molar-refractivity contribution in [3.05, 3.63) is 35.9 Å². The summed E-state index contributed by atoms with van der Waals surface area (Å²) < 4.78 is 27.2. The molecule has 12 heteroatoms. The second-order valence-electron chi connectivity index (χ2n) is 8.19. The third kappa shape index (κ3) is 5.67. The molecule has 12 nitrogen and oxygen atoms in total. The number of hydrogen-bond donors (Lipinski definition) is 6. The molecule has 0 aromatic heterocycles. The molecule has 2 fully saturated rings. The molecule has 0 aliphatic carbocycles. The second kappa shape index (κ2) is 11.0. The Morgan fingerprint density at radius 3 is 2.47 bits per heavy atom. The molecule has 0 radical (unpaired) electrons. The van der Waals surface area contributed by atoms with Crippen LogP contribution in [0.5, 0.6) is 11.5 Å². The third-order valence-corrected chi connectivity index (χ3v) is 5.72. The van der Waals surface area contributed by atoms with Crippen molar-refractivity contribution in [2.75, 3.05) is 19.8 Å². The molecule has 34 heavy (non-hydrogen) atoms. The van der Waals surface area contributed by atoms with E-state index in [0.29, 0.717) is 5.57 Å². The monoisotopic (exact) mass is 486 g/mol. The van der Waals surface area contributed by atoms with Crippen molar-refractivity contribution in [1.29, 1.82) is 0 Å². The van der Waals surface area contributed by atoms with E-state index in [4.69, 9.17) is 23.7 Å². The summed E-state index contributed by atoms with van der Waals surface area (Å²) in [5, 5.41) is 61.1. The molecule has 3 rings (SSSR count). The normalized spacial score (nSPS) is 36.3. The van der Waals surface area contributed by atoms with Crippen LogP contribution in [0.2, 0.25) is 0 Å². The molecular weight excluding hydrogens is 456 g/mol. The van der Waals surface area contributed by atoms with Gasteiger partial charge in [-0.3, -0.25) is 0 Å². The molecule has 1 aromatic rings. The van der Waals surface area contributed by atoms with E-state index in [1.54, 1.807) is 6.92 Å². The van der Waals surface area contributed by atoms with Crippen LogP contribution in [0, 0.1) is 0 Å². The molecule has 1 aromatic carbocycles. The summed E-state index contributed by atoms with van der Waals surface area (Å²) in [6, 6.07) is 5.54. The quantitative estimate of drug-likeness (QED) is 0.186. The van der Waals surface area contributed by atoms with E-state index in [1.807, 2.05) is 0 Å². The van der Waals surface area contributed by atoms with Gasteiger partial charge in [0.05, 0.1) is 13.2 Å². The molecule has 0 bridgehead atoms. The van der Waals surface area contributed by atoms with Crippen LogP contribution in [0.3, 0.4) is 0 Å². The lowest BCUT2D eigenvalue weighted by Gasteiger charge is -2.42. The van der Waals surface area contributed by atoms with E-state index in [0.717, 1.165) is 0 Å². The summed E-state index contributed by atoms with van der Waals surface area (Å²) in [6.07, 6.45) is -8.86. The number of aromatic hydroxyl groups is 1. The van der Waals surface area contributed by atoms with Gasteiger partial charge >= 0.3 is 5.97 Å². The summed E-state index contributed by atoms with van der Waals surface area (Å²) in [5.74, 6) is -0.475. The van der Waals surface area contributed by atoms with Gasteiger partial charge in [-0.25, -0.2) is 4.79 Å². The number of benzene rings is 1. The minimum absolute atomic E-state index is 0.0134. The molecule has 2 aliphatic heterocycles. The molecule has 2 aliphatic rings. The highest BCUT2D eigenvalue weighted by Gasteiger charge is 2.54. The van der Waals surface area contributed by atoms with E-state index in [1.165, 1.54) is 37.3 Å². The summed E-state index contributed by atoms with van der Waals surface area (Å²) >= 11 is 0. The number of phenolic OH excluding ortho intramolecular Hbond substituents is 1. The predicted octanol–water partition coefficient (Wildman–Crippen LogP) is -1.45. The van der Waals surface area contributed by atoms with Crippen LogP contribution in [-0.2, 0) is 23.7 Å². The smallest absolute Gasteiger partial charge is 0.333 e.